The molecule has 0 heterocycles. The lowest BCUT2D eigenvalue weighted by Crippen LogP contribution is -2.55. The third-order valence-electron chi connectivity index (χ3n) is 3.70. The Morgan fingerprint density at radius 3 is 1.56 bits per heavy atom. The summed E-state index contributed by atoms with van der Waals surface area (Å²) in [6.45, 7) is 23.6. The zero-order valence-electron chi connectivity index (χ0n) is 14.6. The zero-order valence-corrected chi connectivity index (χ0v) is 14.6. The number of rotatable bonds is 5. The molecule has 2 atom stereocenters. The fraction of sp³-hybridized carbons (Fsp3) is 1.00. The molecule has 2 unspecified atom stereocenters. The lowest BCUT2D eigenvalue weighted by atomic mass is 9.84. The van der Waals surface area contributed by atoms with Gasteiger partial charge in [0.05, 0.1) is 0 Å². The molecule has 0 rings (SSSR count). The molecular formula is C17H37N. The van der Waals surface area contributed by atoms with Crippen molar-refractivity contribution in [3.63, 3.8) is 0 Å². The van der Waals surface area contributed by atoms with Crippen molar-refractivity contribution < 1.29 is 0 Å². The van der Waals surface area contributed by atoms with Crippen molar-refractivity contribution in [2.75, 3.05) is 0 Å². The van der Waals surface area contributed by atoms with Crippen LogP contribution >= 0.6 is 0 Å². The van der Waals surface area contributed by atoms with Crippen LogP contribution in [0, 0.1) is 11.3 Å². The standard InChI is InChI=1S/C17H37N/c1-11-15(13(2)3)18(17(8,9)10)14(4)12-16(5,6)7/h13-15H,11-12H2,1-10H3. The van der Waals surface area contributed by atoms with Crippen LogP contribution in [0.15, 0.2) is 0 Å². The van der Waals surface area contributed by atoms with Gasteiger partial charge in [0.25, 0.3) is 0 Å². The number of hydrogen-bond donors (Lipinski definition) is 0. The maximum absolute atomic E-state index is 2.75. The Labute approximate surface area is 116 Å². The van der Waals surface area contributed by atoms with Crippen molar-refractivity contribution in [2.45, 2.75) is 99.7 Å². The van der Waals surface area contributed by atoms with Crippen LogP contribution in [0.5, 0.6) is 0 Å². The van der Waals surface area contributed by atoms with Gasteiger partial charge in [0.1, 0.15) is 0 Å². The van der Waals surface area contributed by atoms with Gasteiger partial charge in [0, 0.05) is 17.6 Å². The first kappa shape index (κ1) is 18.0. The summed E-state index contributed by atoms with van der Waals surface area (Å²) in [5.41, 5.74) is 0.647. The highest BCUT2D eigenvalue weighted by Gasteiger charge is 2.34. The molecule has 0 aliphatic carbocycles. The van der Waals surface area contributed by atoms with Gasteiger partial charge in [-0.1, -0.05) is 41.5 Å². The Morgan fingerprint density at radius 1 is 0.889 bits per heavy atom. The van der Waals surface area contributed by atoms with Crippen molar-refractivity contribution in [3.8, 4) is 0 Å². The molecule has 1 heteroatoms. The summed E-state index contributed by atoms with van der Waals surface area (Å²) in [6.07, 6.45) is 2.50. The second kappa shape index (κ2) is 6.41. The smallest absolute Gasteiger partial charge is 0.0130 e. The minimum absolute atomic E-state index is 0.246. The molecule has 0 aliphatic heterocycles. The van der Waals surface area contributed by atoms with E-state index in [4.69, 9.17) is 0 Å². The van der Waals surface area contributed by atoms with Gasteiger partial charge in [-0.05, 0) is 51.9 Å². The maximum Gasteiger partial charge on any atom is 0.0130 e. The molecule has 0 aromatic rings. The quantitative estimate of drug-likeness (QED) is 0.640. The Hall–Kier alpha value is -0.0400. The lowest BCUT2D eigenvalue weighted by molar-refractivity contribution is 0.00282. The molecule has 0 N–H and O–H groups in total. The SMILES string of the molecule is CCC(C(C)C)N(C(C)CC(C)(C)C)C(C)(C)C. The first-order chi connectivity index (χ1) is 7.90. The van der Waals surface area contributed by atoms with E-state index in [1.165, 1.54) is 12.8 Å². The number of hydrogen-bond acceptors (Lipinski definition) is 1. The summed E-state index contributed by atoms with van der Waals surface area (Å²) in [5.74, 6) is 0.719. The van der Waals surface area contributed by atoms with Gasteiger partial charge in [-0.25, -0.2) is 0 Å². The van der Waals surface area contributed by atoms with Crippen LogP contribution in [0.2, 0.25) is 0 Å². The van der Waals surface area contributed by atoms with Crippen molar-refractivity contribution >= 4 is 0 Å². The Kier molecular flexibility index (Phi) is 6.40. The van der Waals surface area contributed by atoms with Crippen molar-refractivity contribution in [1.82, 2.24) is 4.90 Å². The van der Waals surface area contributed by atoms with Gasteiger partial charge in [-0.3, -0.25) is 4.90 Å². The molecule has 0 saturated carbocycles. The molecule has 0 saturated heterocycles. The second-order valence-corrected chi connectivity index (χ2v) is 8.41. The Morgan fingerprint density at radius 2 is 1.33 bits per heavy atom. The minimum Gasteiger partial charge on any atom is -0.293 e. The normalized spacial score (nSPS) is 17.3. The van der Waals surface area contributed by atoms with Crippen molar-refractivity contribution in [2.24, 2.45) is 11.3 Å². The predicted molar refractivity (Wildman–Crippen MR) is 84.0 cm³/mol. The molecule has 0 aromatic heterocycles. The van der Waals surface area contributed by atoms with Gasteiger partial charge >= 0.3 is 0 Å². The van der Waals surface area contributed by atoms with Crippen LogP contribution in [-0.4, -0.2) is 22.5 Å². The molecule has 0 bridgehead atoms. The van der Waals surface area contributed by atoms with Gasteiger partial charge in [-0.2, -0.15) is 0 Å². The van der Waals surface area contributed by atoms with Crippen LogP contribution in [0.25, 0.3) is 0 Å². The van der Waals surface area contributed by atoms with Crippen molar-refractivity contribution in [1.29, 1.82) is 0 Å². The molecule has 0 radical (unpaired) electrons. The van der Waals surface area contributed by atoms with Gasteiger partial charge in [-0.15, -0.1) is 0 Å². The fourth-order valence-corrected chi connectivity index (χ4v) is 3.46. The fourth-order valence-electron chi connectivity index (χ4n) is 3.46. The van der Waals surface area contributed by atoms with Crippen LogP contribution in [0.1, 0.15) is 82.1 Å². The van der Waals surface area contributed by atoms with Crippen LogP contribution in [-0.2, 0) is 0 Å². The van der Waals surface area contributed by atoms with Gasteiger partial charge in [0.15, 0.2) is 0 Å². The Balaban J connectivity index is 5.12. The summed E-state index contributed by atoms with van der Waals surface area (Å²) >= 11 is 0. The van der Waals surface area contributed by atoms with E-state index in [0.717, 1.165) is 5.92 Å². The van der Waals surface area contributed by atoms with E-state index in [1.54, 1.807) is 0 Å². The van der Waals surface area contributed by atoms with E-state index in [9.17, 15) is 0 Å². The molecule has 0 aromatic carbocycles. The van der Waals surface area contributed by atoms with Gasteiger partial charge < -0.3 is 0 Å². The Bertz CT molecular complexity index is 229. The minimum atomic E-state index is 0.246. The first-order valence-electron chi connectivity index (χ1n) is 7.68. The molecular weight excluding hydrogens is 218 g/mol. The molecule has 0 fully saturated rings. The lowest BCUT2D eigenvalue weighted by Gasteiger charge is -2.48. The van der Waals surface area contributed by atoms with Crippen molar-refractivity contribution in [3.05, 3.63) is 0 Å². The predicted octanol–water partition coefficient (Wildman–Crippen LogP) is 5.35. The largest absolute Gasteiger partial charge is 0.293 e. The monoisotopic (exact) mass is 255 g/mol. The molecule has 18 heavy (non-hydrogen) atoms. The molecule has 110 valence electrons. The molecule has 0 aliphatic rings. The van der Waals surface area contributed by atoms with E-state index in [2.05, 4.69) is 74.1 Å². The summed E-state index contributed by atoms with van der Waals surface area (Å²) < 4.78 is 0. The molecule has 1 nitrogen and oxygen atoms in total. The zero-order chi connectivity index (χ0) is 14.7. The van der Waals surface area contributed by atoms with Crippen LogP contribution in [0.3, 0.4) is 0 Å². The summed E-state index contributed by atoms with van der Waals surface area (Å²) in [6, 6.07) is 1.32. The van der Waals surface area contributed by atoms with Crippen LogP contribution < -0.4 is 0 Å². The van der Waals surface area contributed by atoms with E-state index in [0.29, 0.717) is 17.5 Å². The average Bonchev–Trinajstić information content (AvgIpc) is 2.07. The highest BCUT2D eigenvalue weighted by molar-refractivity contribution is 4.89. The van der Waals surface area contributed by atoms with E-state index >= 15 is 0 Å². The van der Waals surface area contributed by atoms with Crippen LogP contribution in [0.4, 0.5) is 0 Å². The third kappa shape index (κ3) is 5.73. The van der Waals surface area contributed by atoms with E-state index in [1.807, 2.05) is 0 Å². The first-order valence-corrected chi connectivity index (χ1v) is 7.68. The summed E-state index contributed by atoms with van der Waals surface area (Å²) in [4.78, 5) is 2.75. The second-order valence-electron chi connectivity index (χ2n) is 8.41. The van der Waals surface area contributed by atoms with Gasteiger partial charge in [0.2, 0.25) is 0 Å². The molecule has 0 spiro atoms. The third-order valence-corrected chi connectivity index (χ3v) is 3.70. The highest BCUT2D eigenvalue weighted by Crippen LogP contribution is 2.32. The molecule has 0 amide bonds. The highest BCUT2D eigenvalue weighted by atomic mass is 15.2. The van der Waals surface area contributed by atoms with E-state index in [-0.39, 0.29) is 5.54 Å². The summed E-state index contributed by atoms with van der Waals surface area (Å²) in [7, 11) is 0. The van der Waals surface area contributed by atoms with E-state index < -0.39 is 0 Å². The maximum atomic E-state index is 2.75. The topological polar surface area (TPSA) is 3.24 Å². The summed E-state index contributed by atoms with van der Waals surface area (Å²) in [5, 5.41) is 0. The number of nitrogens with zero attached hydrogens (tertiary/aromatic N) is 1. The average molecular weight is 255 g/mol.